The normalized spacial score (nSPS) is 31.4. The van der Waals surface area contributed by atoms with E-state index in [1.165, 1.54) is 0 Å². The number of allylic oxidation sites excluding steroid dienone is 2. The predicted octanol–water partition coefficient (Wildman–Crippen LogP) is 3.20. The first-order chi connectivity index (χ1) is 6.43. The summed E-state index contributed by atoms with van der Waals surface area (Å²) in [5.41, 5.74) is -0.0278. The Labute approximate surface area is 87.5 Å². The molecule has 0 bridgehead atoms. The summed E-state index contributed by atoms with van der Waals surface area (Å²) >= 11 is 3.09. The molecule has 78 valence electrons. The summed E-state index contributed by atoms with van der Waals surface area (Å²) in [6.45, 7) is 0. The van der Waals surface area contributed by atoms with E-state index in [2.05, 4.69) is 15.9 Å². The van der Waals surface area contributed by atoms with E-state index in [4.69, 9.17) is 0 Å². The van der Waals surface area contributed by atoms with Gasteiger partial charge in [0.15, 0.2) is 0 Å². The number of alkyl halides is 3. The molecule has 2 aliphatic carbocycles. The molecule has 1 saturated carbocycles. The number of halogens is 4. The Morgan fingerprint density at radius 1 is 1.29 bits per heavy atom. The molecule has 2 aliphatic rings. The van der Waals surface area contributed by atoms with Crippen molar-refractivity contribution in [2.24, 2.45) is 11.8 Å². The molecular weight excluding hydrogens is 261 g/mol. The Morgan fingerprint density at radius 2 is 1.86 bits per heavy atom. The second kappa shape index (κ2) is 3.08. The largest absolute Gasteiger partial charge is 0.454 e. The molecule has 0 amide bonds. The van der Waals surface area contributed by atoms with Gasteiger partial charge in [0.25, 0.3) is 5.78 Å². The van der Waals surface area contributed by atoms with Crippen LogP contribution < -0.4 is 0 Å². The highest BCUT2D eigenvalue weighted by molar-refractivity contribution is 9.11. The van der Waals surface area contributed by atoms with Crippen molar-refractivity contribution in [2.45, 2.75) is 25.4 Å². The van der Waals surface area contributed by atoms with Gasteiger partial charge in [0.1, 0.15) is 0 Å². The van der Waals surface area contributed by atoms with E-state index in [1.807, 2.05) is 0 Å². The first-order valence-electron chi connectivity index (χ1n) is 4.44. The highest BCUT2D eigenvalue weighted by Gasteiger charge is 2.52. The second-order valence-corrected chi connectivity index (χ2v) is 4.59. The number of hydrogen-bond donors (Lipinski definition) is 0. The maximum atomic E-state index is 12.1. The monoisotopic (exact) mass is 268 g/mol. The van der Waals surface area contributed by atoms with Crippen LogP contribution in [0.15, 0.2) is 10.1 Å². The van der Waals surface area contributed by atoms with Crippen LogP contribution in [0.5, 0.6) is 0 Å². The lowest BCUT2D eigenvalue weighted by atomic mass is 9.75. The van der Waals surface area contributed by atoms with Gasteiger partial charge in [-0.25, -0.2) is 0 Å². The maximum Gasteiger partial charge on any atom is 0.454 e. The van der Waals surface area contributed by atoms with Crippen LogP contribution in [0.2, 0.25) is 0 Å². The smallest absolute Gasteiger partial charge is 0.284 e. The van der Waals surface area contributed by atoms with Crippen molar-refractivity contribution in [2.75, 3.05) is 0 Å². The molecular formula is C9H8BrF3O. The lowest BCUT2D eigenvalue weighted by Gasteiger charge is -2.33. The molecule has 0 aromatic heterocycles. The predicted molar refractivity (Wildman–Crippen MR) is 47.8 cm³/mol. The third-order valence-corrected chi connectivity index (χ3v) is 3.99. The standard InChI is InChI=1S/C9H8BrF3O/c10-7-5-3-1-2-4(5)6(7)8(14)9(11,12)13/h4-5H,1-3H2. The molecule has 0 N–H and O–H groups in total. The van der Waals surface area contributed by atoms with Gasteiger partial charge in [-0.3, -0.25) is 4.79 Å². The molecule has 2 rings (SSSR count). The molecule has 14 heavy (non-hydrogen) atoms. The molecule has 0 aliphatic heterocycles. The van der Waals surface area contributed by atoms with Crippen molar-refractivity contribution in [3.05, 3.63) is 10.1 Å². The van der Waals surface area contributed by atoms with Gasteiger partial charge in [-0.05, 0) is 24.7 Å². The highest BCUT2D eigenvalue weighted by Crippen LogP contribution is 2.55. The van der Waals surface area contributed by atoms with Crippen molar-refractivity contribution in [3.8, 4) is 0 Å². The van der Waals surface area contributed by atoms with Crippen LogP contribution in [-0.4, -0.2) is 12.0 Å². The summed E-state index contributed by atoms with van der Waals surface area (Å²) in [7, 11) is 0. The molecule has 0 radical (unpaired) electrons. The molecule has 1 fully saturated rings. The van der Waals surface area contributed by atoms with Gasteiger partial charge in [0.2, 0.25) is 0 Å². The van der Waals surface area contributed by atoms with E-state index in [1.54, 1.807) is 0 Å². The fourth-order valence-electron chi connectivity index (χ4n) is 2.32. The molecule has 5 heteroatoms. The van der Waals surface area contributed by atoms with E-state index in [0.717, 1.165) is 19.3 Å². The van der Waals surface area contributed by atoms with Gasteiger partial charge in [0.05, 0.1) is 0 Å². The Bertz CT molecular complexity index is 319. The average molecular weight is 269 g/mol. The summed E-state index contributed by atoms with van der Waals surface area (Å²) < 4.78 is 36.9. The van der Waals surface area contributed by atoms with E-state index in [-0.39, 0.29) is 17.4 Å². The molecule has 0 spiro atoms. The summed E-state index contributed by atoms with van der Waals surface area (Å²) in [5.74, 6) is -1.62. The molecule has 2 atom stereocenters. The zero-order valence-corrected chi connectivity index (χ0v) is 8.78. The van der Waals surface area contributed by atoms with Crippen molar-refractivity contribution in [3.63, 3.8) is 0 Å². The summed E-state index contributed by atoms with van der Waals surface area (Å²) in [5, 5.41) is 0. The molecule has 0 aromatic rings. The Balaban J connectivity index is 2.25. The number of hydrogen-bond acceptors (Lipinski definition) is 1. The fraction of sp³-hybridized carbons (Fsp3) is 0.667. The Morgan fingerprint density at radius 3 is 2.43 bits per heavy atom. The first kappa shape index (κ1) is 10.2. The topological polar surface area (TPSA) is 17.1 Å². The quantitative estimate of drug-likeness (QED) is 0.714. The molecule has 2 unspecified atom stereocenters. The van der Waals surface area contributed by atoms with Crippen molar-refractivity contribution >= 4 is 21.7 Å². The first-order valence-corrected chi connectivity index (χ1v) is 5.23. The second-order valence-electron chi connectivity index (χ2n) is 3.73. The lowest BCUT2D eigenvalue weighted by Crippen LogP contribution is -2.36. The molecule has 1 nitrogen and oxygen atoms in total. The number of ketones is 1. The molecule has 0 heterocycles. The van der Waals surface area contributed by atoms with E-state index in [0.29, 0.717) is 4.48 Å². The number of carbonyl (C=O) groups is 1. The number of rotatable bonds is 1. The van der Waals surface area contributed by atoms with Crippen LogP contribution in [0.3, 0.4) is 0 Å². The minimum atomic E-state index is -4.72. The van der Waals surface area contributed by atoms with Gasteiger partial charge >= 0.3 is 6.18 Å². The third-order valence-electron chi connectivity index (χ3n) is 2.97. The van der Waals surface area contributed by atoms with Crippen LogP contribution in [0, 0.1) is 11.8 Å². The van der Waals surface area contributed by atoms with Gasteiger partial charge in [-0.15, -0.1) is 0 Å². The minimum absolute atomic E-state index is 0.0278. The Hall–Kier alpha value is -0.320. The van der Waals surface area contributed by atoms with Crippen LogP contribution >= 0.6 is 15.9 Å². The zero-order valence-electron chi connectivity index (χ0n) is 7.20. The summed E-state index contributed by atoms with van der Waals surface area (Å²) in [6.07, 6.45) is -2.18. The maximum absolute atomic E-state index is 12.1. The summed E-state index contributed by atoms with van der Waals surface area (Å²) in [4.78, 5) is 11.0. The van der Waals surface area contributed by atoms with Gasteiger partial charge in [-0.1, -0.05) is 22.4 Å². The van der Waals surface area contributed by atoms with E-state index < -0.39 is 12.0 Å². The average Bonchev–Trinajstić information content (AvgIpc) is 2.46. The van der Waals surface area contributed by atoms with Crippen molar-refractivity contribution in [1.29, 1.82) is 0 Å². The highest BCUT2D eigenvalue weighted by atomic mass is 79.9. The van der Waals surface area contributed by atoms with Crippen molar-refractivity contribution in [1.82, 2.24) is 0 Å². The van der Waals surface area contributed by atoms with Crippen molar-refractivity contribution < 1.29 is 18.0 Å². The SMILES string of the molecule is O=C(C1=C(Br)C2CCCC12)C(F)(F)F. The zero-order chi connectivity index (χ0) is 10.5. The van der Waals surface area contributed by atoms with Crippen LogP contribution in [0.1, 0.15) is 19.3 Å². The molecule has 0 saturated heterocycles. The number of Topliss-reactive ketones (excluding diaryl/α,β-unsaturated/α-hetero) is 1. The Kier molecular flexibility index (Phi) is 2.25. The van der Waals surface area contributed by atoms with Crippen LogP contribution in [-0.2, 0) is 4.79 Å². The summed E-state index contributed by atoms with van der Waals surface area (Å²) in [6, 6.07) is 0. The number of carbonyl (C=O) groups excluding carboxylic acids is 1. The minimum Gasteiger partial charge on any atom is -0.284 e. The van der Waals surface area contributed by atoms with E-state index >= 15 is 0 Å². The van der Waals surface area contributed by atoms with Crippen LogP contribution in [0.25, 0.3) is 0 Å². The van der Waals surface area contributed by atoms with E-state index in [9.17, 15) is 18.0 Å². The van der Waals surface area contributed by atoms with Gasteiger partial charge < -0.3 is 0 Å². The third kappa shape index (κ3) is 1.33. The fourth-order valence-corrected chi connectivity index (χ4v) is 3.34. The number of fused-ring (bicyclic) bond motifs is 1. The van der Waals surface area contributed by atoms with Crippen LogP contribution in [0.4, 0.5) is 13.2 Å². The lowest BCUT2D eigenvalue weighted by molar-refractivity contribution is -0.167. The van der Waals surface area contributed by atoms with Gasteiger partial charge in [0, 0.05) is 10.1 Å². The van der Waals surface area contributed by atoms with Gasteiger partial charge in [-0.2, -0.15) is 13.2 Å². The molecule has 0 aromatic carbocycles.